The SMILES string of the molecule is Cc1cc(C)n(CC(=O)N2CCCN3C(=O)N(C4CCCCC4)C(=O)C3C2)n1. The van der Waals surface area contributed by atoms with Crippen molar-refractivity contribution in [1.29, 1.82) is 0 Å². The van der Waals surface area contributed by atoms with Gasteiger partial charge in [0, 0.05) is 24.8 Å². The largest absolute Gasteiger partial charge is 0.338 e. The molecular weight excluding hydrogens is 358 g/mol. The molecule has 4 amide bonds. The minimum absolute atomic E-state index is 0.0273. The van der Waals surface area contributed by atoms with E-state index in [0.29, 0.717) is 19.5 Å². The smallest absolute Gasteiger partial charge is 0.327 e. The maximum absolute atomic E-state index is 13.1. The van der Waals surface area contributed by atoms with Crippen LogP contribution in [-0.2, 0) is 16.1 Å². The molecule has 1 aliphatic carbocycles. The fraction of sp³-hybridized carbons (Fsp3) is 0.700. The first-order chi connectivity index (χ1) is 13.5. The number of amides is 4. The number of rotatable bonds is 3. The summed E-state index contributed by atoms with van der Waals surface area (Å²) in [5, 5.41) is 4.36. The Hall–Kier alpha value is -2.38. The Morgan fingerprint density at radius 3 is 2.54 bits per heavy atom. The molecule has 28 heavy (non-hydrogen) atoms. The van der Waals surface area contributed by atoms with Gasteiger partial charge in [0.2, 0.25) is 5.91 Å². The molecule has 1 aromatic heterocycles. The number of hydrogen-bond acceptors (Lipinski definition) is 4. The van der Waals surface area contributed by atoms with Crippen molar-refractivity contribution in [2.45, 2.75) is 71.0 Å². The fourth-order valence-electron chi connectivity index (χ4n) is 4.78. The van der Waals surface area contributed by atoms with Crippen LogP contribution < -0.4 is 0 Å². The van der Waals surface area contributed by atoms with Gasteiger partial charge in [0.25, 0.3) is 5.91 Å². The highest BCUT2D eigenvalue weighted by Crippen LogP contribution is 2.30. The molecule has 2 saturated heterocycles. The second-order valence-corrected chi connectivity index (χ2v) is 8.27. The number of aromatic nitrogens is 2. The average molecular weight is 387 g/mol. The molecule has 0 spiro atoms. The highest BCUT2D eigenvalue weighted by Gasteiger charge is 2.49. The van der Waals surface area contributed by atoms with Gasteiger partial charge in [-0.15, -0.1) is 0 Å². The van der Waals surface area contributed by atoms with Crippen LogP contribution in [0, 0.1) is 13.8 Å². The van der Waals surface area contributed by atoms with E-state index in [9.17, 15) is 14.4 Å². The second kappa shape index (κ2) is 7.56. The van der Waals surface area contributed by atoms with Crippen molar-refractivity contribution in [1.82, 2.24) is 24.5 Å². The second-order valence-electron chi connectivity index (χ2n) is 8.27. The summed E-state index contributed by atoms with van der Waals surface area (Å²) in [6.45, 7) is 5.38. The predicted molar refractivity (Wildman–Crippen MR) is 103 cm³/mol. The van der Waals surface area contributed by atoms with Gasteiger partial charge in [-0.2, -0.15) is 5.10 Å². The van der Waals surface area contributed by atoms with Crippen LogP contribution in [0.5, 0.6) is 0 Å². The molecule has 2 aliphatic heterocycles. The summed E-state index contributed by atoms with van der Waals surface area (Å²) in [6, 6.07) is 1.27. The molecule has 8 nitrogen and oxygen atoms in total. The van der Waals surface area contributed by atoms with Gasteiger partial charge in [0.1, 0.15) is 12.6 Å². The van der Waals surface area contributed by atoms with Crippen molar-refractivity contribution in [3.8, 4) is 0 Å². The lowest BCUT2D eigenvalue weighted by Crippen LogP contribution is -2.45. The van der Waals surface area contributed by atoms with Crippen LogP contribution >= 0.6 is 0 Å². The van der Waals surface area contributed by atoms with Gasteiger partial charge < -0.3 is 9.80 Å². The lowest BCUT2D eigenvalue weighted by Gasteiger charge is -2.29. The van der Waals surface area contributed by atoms with Gasteiger partial charge in [-0.1, -0.05) is 19.3 Å². The third kappa shape index (κ3) is 3.40. The van der Waals surface area contributed by atoms with E-state index in [-0.39, 0.29) is 37.0 Å². The van der Waals surface area contributed by atoms with Crippen molar-refractivity contribution in [3.05, 3.63) is 17.5 Å². The third-order valence-electron chi connectivity index (χ3n) is 6.25. The fourth-order valence-corrected chi connectivity index (χ4v) is 4.78. The standard InChI is InChI=1S/C20H29N5O3/c1-14-11-15(2)24(21-14)13-18(26)22-9-6-10-23-17(12-22)19(27)25(20(23)28)16-7-4-3-5-8-16/h11,16-17H,3-10,12-13H2,1-2H3. The molecule has 8 heteroatoms. The van der Waals surface area contributed by atoms with Crippen LogP contribution in [0.2, 0.25) is 0 Å². The van der Waals surface area contributed by atoms with E-state index >= 15 is 0 Å². The number of carbonyl (C=O) groups excluding carboxylic acids is 3. The Bertz CT molecular complexity index is 783. The number of imide groups is 1. The third-order valence-corrected chi connectivity index (χ3v) is 6.25. The van der Waals surface area contributed by atoms with E-state index in [1.54, 1.807) is 14.5 Å². The molecule has 0 aromatic carbocycles. The van der Waals surface area contributed by atoms with Crippen LogP contribution in [0.1, 0.15) is 49.9 Å². The molecule has 4 rings (SSSR count). The normalized spacial score (nSPS) is 23.9. The van der Waals surface area contributed by atoms with Gasteiger partial charge >= 0.3 is 6.03 Å². The average Bonchev–Trinajstić information content (AvgIpc) is 2.99. The number of aryl methyl sites for hydroxylation is 2. The van der Waals surface area contributed by atoms with E-state index in [0.717, 1.165) is 37.1 Å². The van der Waals surface area contributed by atoms with Gasteiger partial charge in [0.05, 0.1) is 12.2 Å². The Morgan fingerprint density at radius 1 is 1.11 bits per heavy atom. The maximum atomic E-state index is 13.1. The minimum Gasteiger partial charge on any atom is -0.338 e. The molecule has 3 heterocycles. The van der Waals surface area contributed by atoms with Crippen molar-refractivity contribution < 1.29 is 14.4 Å². The lowest BCUT2D eigenvalue weighted by molar-refractivity contribution is -0.134. The molecule has 0 N–H and O–H groups in total. The minimum atomic E-state index is -0.540. The van der Waals surface area contributed by atoms with Gasteiger partial charge in [-0.3, -0.25) is 19.2 Å². The molecule has 3 aliphatic rings. The summed E-state index contributed by atoms with van der Waals surface area (Å²) < 4.78 is 1.70. The number of urea groups is 1. The summed E-state index contributed by atoms with van der Waals surface area (Å²) in [6.07, 6.45) is 5.81. The molecule has 3 fully saturated rings. The highest BCUT2D eigenvalue weighted by molar-refractivity contribution is 6.05. The van der Waals surface area contributed by atoms with Crippen molar-refractivity contribution in [2.24, 2.45) is 0 Å². The van der Waals surface area contributed by atoms with Crippen molar-refractivity contribution >= 4 is 17.8 Å². The highest BCUT2D eigenvalue weighted by atomic mass is 16.2. The number of hydrogen-bond donors (Lipinski definition) is 0. The topological polar surface area (TPSA) is 78.8 Å². The Balaban J connectivity index is 1.47. The maximum Gasteiger partial charge on any atom is 0.327 e. The predicted octanol–water partition coefficient (Wildman–Crippen LogP) is 1.70. The van der Waals surface area contributed by atoms with Crippen LogP contribution in [-0.4, -0.2) is 74.0 Å². The Morgan fingerprint density at radius 2 is 1.86 bits per heavy atom. The lowest BCUT2D eigenvalue weighted by atomic mass is 9.94. The summed E-state index contributed by atoms with van der Waals surface area (Å²) in [5.41, 5.74) is 1.82. The zero-order valence-corrected chi connectivity index (χ0v) is 16.8. The van der Waals surface area contributed by atoms with E-state index < -0.39 is 6.04 Å². The monoisotopic (exact) mass is 387 g/mol. The summed E-state index contributed by atoms with van der Waals surface area (Å²) in [5.74, 6) is -0.174. The molecule has 1 unspecified atom stereocenters. The summed E-state index contributed by atoms with van der Waals surface area (Å²) in [4.78, 5) is 43.8. The van der Waals surface area contributed by atoms with Gasteiger partial charge in [0.15, 0.2) is 0 Å². The number of carbonyl (C=O) groups is 3. The summed E-state index contributed by atoms with van der Waals surface area (Å²) in [7, 11) is 0. The van der Waals surface area contributed by atoms with Crippen LogP contribution in [0.25, 0.3) is 0 Å². The Labute approximate surface area is 165 Å². The zero-order valence-electron chi connectivity index (χ0n) is 16.8. The van der Waals surface area contributed by atoms with Crippen LogP contribution in [0.15, 0.2) is 6.07 Å². The number of nitrogens with zero attached hydrogens (tertiary/aromatic N) is 5. The Kier molecular flexibility index (Phi) is 5.12. The first-order valence-electron chi connectivity index (χ1n) is 10.4. The molecule has 1 atom stereocenters. The molecule has 1 saturated carbocycles. The zero-order chi connectivity index (χ0) is 19.8. The molecule has 1 aromatic rings. The molecule has 0 radical (unpaired) electrons. The van der Waals surface area contributed by atoms with E-state index in [2.05, 4.69) is 5.10 Å². The van der Waals surface area contributed by atoms with E-state index in [1.165, 1.54) is 11.3 Å². The van der Waals surface area contributed by atoms with E-state index in [1.807, 2.05) is 19.9 Å². The van der Waals surface area contributed by atoms with Gasteiger partial charge in [-0.25, -0.2) is 4.79 Å². The van der Waals surface area contributed by atoms with Crippen molar-refractivity contribution in [3.63, 3.8) is 0 Å². The van der Waals surface area contributed by atoms with E-state index in [4.69, 9.17) is 0 Å². The molecular formula is C20H29N5O3. The van der Waals surface area contributed by atoms with Crippen molar-refractivity contribution in [2.75, 3.05) is 19.6 Å². The molecule has 0 bridgehead atoms. The first kappa shape index (κ1) is 19.0. The van der Waals surface area contributed by atoms with Crippen LogP contribution in [0.4, 0.5) is 4.79 Å². The van der Waals surface area contributed by atoms with Gasteiger partial charge in [-0.05, 0) is 39.2 Å². The van der Waals surface area contributed by atoms with Crippen LogP contribution in [0.3, 0.4) is 0 Å². The number of fused-ring (bicyclic) bond motifs is 1. The first-order valence-corrected chi connectivity index (χ1v) is 10.4. The summed E-state index contributed by atoms with van der Waals surface area (Å²) >= 11 is 0. The molecule has 152 valence electrons. The quantitative estimate of drug-likeness (QED) is 0.740.